The summed E-state index contributed by atoms with van der Waals surface area (Å²) >= 11 is 0. The summed E-state index contributed by atoms with van der Waals surface area (Å²) < 4.78 is 0. The van der Waals surface area contributed by atoms with Crippen LogP contribution in [0.3, 0.4) is 0 Å². The number of nitrogens with one attached hydrogen (secondary N) is 2. The van der Waals surface area contributed by atoms with E-state index in [-0.39, 0.29) is 0 Å². The quantitative estimate of drug-likeness (QED) is 0.430. The van der Waals surface area contributed by atoms with Crippen LogP contribution in [0, 0.1) is 13.8 Å². The molecule has 4 aromatic rings. The molecule has 0 saturated heterocycles. The third kappa shape index (κ3) is 4.32. The van der Waals surface area contributed by atoms with E-state index in [0.29, 0.717) is 0 Å². The fourth-order valence-electron chi connectivity index (χ4n) is 2.23. The summed E-state index contributed by atoms with van der Waals surface area (Å²) in [6, 6.07) is 6.11. The summed E-state index contributed by atoms with van der Waals surface area (Å²) in [5, 5.41) is 2.47. The summed E-state index contributed by atoms with van der Waals surface area (Å²) in [6.45, 7) is 8.14. The van der Waals surface area contributed by atoms with Gasteiger partial charge in [0.1, 0.15) is 5.65 Å². The molecule has 0 amide bonds. The van der Waals surface area contributed by atoms with Gasteiger partial charge >= 0.3 is 0 Å². The standard InChI is InChI=1S/2C8H8N2.C4H8/c1-6-2-4-9-8-7(6)3-5-10-8;1-6-4-9-5-8-7(6)2-3-10-8;1-3-4-2/h2-5H,1H3,(H,9,10);2-5,10H,1H3;3-4H,1-2H3. The van der Waals surface area contributed by atoms with E-state index in [4.69, 9.17) is 0 Å². The monoisotopic (exact) mass is 320 g/mol. The van der Waals surface area contributed by atoms with Gasteiger partial charge in [0.2, 0.25) is 0 Å². The van der Waals surface area contributed by atoms with Crippen LogP contribution >= 0.6 is 0 Å². The second-order valence-corrected chi connectivity index (χ2v) is 5.43. The maximum atomic E-state index is 4.15. The van der Waals surface area contributed by atoms with E-state index in [1.807, 2.05) is 69.1 Å². The van der Waals surface area contributed by atoms with E-state index in [1.54, 1.807) is 0 Å². The van der Waals surface area contributed by atoms with Crippen LogP contribution in [0.2, 0.25) is 0 Å². The molecule has 4 heterocycles. The summed E-state index contributed by atoms with van der Waals surface area (Å²) in [7, 11) is 0. The highest BCUT2D eigenvalue weighted by atomic mass is 14.8. The van der Waals surface area contributed by atoms with Crippen LogP contribution < -0.4 is 0 Å². The molecular weight excluding hydrogens is 296 g/mol. The van der Waals surface area contributed by atoms with Gasteiger partial charge in [-0.15, -0.1) is 0 Å². The Bertz CT molecular complexity index is 839. The van der Waals surface area contributed by atoms with Crippen molar-refractivity contribution in [3.05, 3.63) is 72.5 Å². The molecule has 24 heavy (non-hydrogen) atoms. The minimum Gasteiger partial charge on any atom is -0.360 e. The van der Waals surface area contributed by atoms with E-state index in [0.717, 1.165) is 11.2 Å². The Labute approximate surface area is 142 Å². The Morgan fingerprint density at radius 2 is 1.54 bits per heavy atom. The number of fused-ring (bicyclic) bond motifs is 2. The third-order valence-corrected chi connectivity index (χ3v) is 3.69. The molecule has 0 atom stereocenters. The van der Waals surface area contributed by atoms with Gasteiger partial charge in [-0.1, -0.05) is 12.2 Å². The van der Waals surface area contributed by atoms with E-state index >= 15 is 0 Å². The highest BCUT2D eigenvalue weighted by Gasteiger charge is 1.95. The van der Waals surface area contributed by atoms with Gasteiger partial charge in [0.25, 0.3) is 0 Å². The van der Waals surface area contributed by atoms with Crippen molar-refractivity contribution >= 4 is 21.9 Å². The predicted octanol–water partition coefficient (Wildman–Crippen LogP) is 5.33. The Hall–Kier alpha value is -2.88. The Morgan fingerprint density at radius 3 is 2.21 bits per heavy atom. The molecule has 0 aromatic carbocycles. The number of rotatable bonds is 0. The van der Waals surface area contributed by atoms with Crippen molar-refractivity contribution in [3.63, 3.8) is 0 Å². The van der Waals surface area contributed by atoms with Crippen LogP contribution in [0.25, 0.3) is 21.9 Å². The summed E-state index contributed by atoms with van der Waals surface area (Å²) in [4.78, 5) is 14.3. The van der Waals surface area contributed by atoms with Gasteiger partial charge in [-0.3, -0.25) is 4.98 Å². The molecule has 0 unspecified atom stereocenters. The molecule has 0 aliphatic rings. The fourth-order valence-corrected chi connectivity index (χ4v) is 2.23. The highest BCUT2D eigenvalue weighted by Crippen LogP contribution is 2.14. The molecule has 0 radical (unpaired) electrons. The molecule has 0 aliphatic carbocycles. The van der Waals surface area contributed by atoms with Gasteiger partial charge in [-0.05, 0) is 57.0 Å². The zero-order valence-electron chi connectivity index (χ0n) is 14.7. The van der Waals surface area contributed by atoms with Gasteiger partial charge in [0, 0.05) is 35.6 Å². The number of pyridine rings is 2. The molecule has 2 N–H and O–H groups in total. The Morgan fingerprint density at radius 1 is 0.833 bits per heavy atom. The number of nitrogens with zero attached hydrogens (tertiary/aromatic N) is 2. The third-order valence-electron chi connectivity index (χ3n) is 3.69. The van der Waals surface area contributed by atoms with Gasteiger partial charge in [-0.2, -0.15) is 0 Å². The number of hydrogen-bond donors (Lipinski definition) is 2. The lowest BCUT2D eigenvalue weighted by Crippen LogP contribution is -1.77. The van der Waals surface area contributed by atoms with E-state index in [1.165, 1.54) is 21.9 Å². The average Bonchev–Trinajstić information content (AvgIpc) is 3.26. The number of aromatic nitrogens is 4. The SMILES string of the molecule is CC=CC.Cc1ccnc2[nH]ccc12.Cc1cncc2[nH]ccc12. The second kappa shape index (κ2) is 8.67. The van der Waals surface area contributed by atoms with Gasteiger partial charge in [0.05, 0.1) is 11.7 Å². The average molecular weight is 320 g/mol. The number of aryl methyl sites for hydroxylation is 2. The maximum Gasteiger partial charge on any atom is 0.137 e. The predicted molar refractivity (Wildman–Crippen MR) is 102 cm³/mol. The number of allylic oxidation sites excluding steroid dienone is 2. The lowest BCUT2D eigenvalue weighted by Gasteiger charge is -1.91. The topological polar surface area (TPSA) is 57.4 Å². The normalized spacial score (nSPS) is 10.3. The molecule has 0 spiro atoms. The van der Waals surface area contributed by atoms with Crippen molar-refractivity contribution in [2.75, 3.05) is 0 Å². The minimum absolute atomic E-state index is 0.972. The molecule has 4 rings (SSSR count). The zero-order valence-corrected chi connectivity index (χ0v) is 14.7. The summed E-state index contributed by atoms with van der Waals surface area (Å²) in [6.07, 6.45) is 13.4. The van der Waals surface area contributed by atoms with Crippen LogP contribution in [0.15, 0.2) is 61.3 Å². The second-order valence-electron chi connectivity index (χ2n) is 5.43. The van der Waals surface area contributed by atoms with E-state index in [2.05, 4.69) is 39.8 Å². The van der Waals surface area contributed by atoms with Crippen LogP contribution in [0.4, 0.5) is 0 Å². The van der Waals surface area contributed by atoms with Crippen LogP contribution in [0.1, 0.15) is 25.0 Å². The molecule has 124 valence electrons. The molecular formula is C20H24N4. The number of H-pyrrole nitrogens is 2. The number of aromatic amines is 2. The summed E-state index contributed by atoms with van der Waals surface area (Å²) in [5.74, 6) is 0. The molecule has 4 heteroatoms. The molecule has 0 fully saturated rings. The highest BCUT2D eigenvalue weighted by molar-refractivity contribution is 5.81. The summed E-state index contributed by atoms with van der Waals surface area (Å²) in [5.41, 5.74) is 4.57. The van der Waals surface area contributed by atoms with Gasteiger partial charge in [0.15, 0.2) is 0 Å². The Balaban J connectivity index is 0.000000143. The molecule has 0 aliphatic heterocycles. The molecule has 0 saturated carbocycles. The molecule has 4 aromatic heterocycles. The van der Waals surface area contributed by atoms with Crippen molar-refractivity contribution in [1.29, 1.82) is 0 Å². The van der Waals surface area contributed by atoms with E-state index in [9.17, 15) is 0 Å². The van der Waals surface area contributed by atoms with Crippen molar-refractivity contribution in [1.82, 2.24) is 19.9 Å². The molecule has 0 bridgehead atoms. The Kier molecular flexibility index (Phi) is 6.32. The van der Waals surface area contributed by atoms with Crippen LogP contribution in [0.5, 0.6) is 0 Å². The lowest BCUT2D eigenvalue weighted by molar-refractivity contribution is 1.30. The minimum atomic E-state index is 0.972. The van der Waals surface area contributed by atoms with Crippen LogP contribution in [-0.4, -0.2) is 19.9 Å². The van der Waals surface area contributed by atoms with Gasteiger partial charge in [-0.25, -0.2) is 4.98 Å². The first-order chi connectivity index (χ1) is 11.7. The first kappa shape index (κ1) is 17.5. The van der Waals surface area contributed by atoms with Crippen molar-refractivity contribution in [2.45, 2.75) is 27.7 Å². The van der Waals surface area contributed by atoms with Crippen molar-refractivity contribution < 1.29 is 0 Å². The van der Waals surface area contributed by atoms with Crippen molar-refractivity contribution in [3.8, 4) is 0 Å². The van der Waals surface area contributed by atoms with E-state index < -0.39 is 0 Å². The largest absolute Gasteiger partial charge is 0.360 e. The molecule has 4 nitrogen and oxygen atoms in total. The fraction of sp³-hybridized carbons (Fsp3) is 0.200. The van der Waals surface area contributed by atoms with Gasteiger partial charge < -0.3 is 9.97 Å². The van der Waals surface area contributed by atoms with Crippen LogP contribution in [-0.2, 0) is 0 Å². The lowest BCUT2D eigenvalue weighted by atomic mass is 10.2. The smallest absolute Gasteiger partial charge is 0.137 e. The number of hydrogen-bond acceptors (Lipinski definition) is 2. The first-order valence-corrected chi connectivity index (χ1v) is 8.01. The zero-order chi connectivity index (χ0) is 17.4. The van der Waals surface area contributed by atoms with Crippen molar-refractivity contribution in [2.24, 2.45) is 0 Å². The maximum absolute atomic E-state index is 4.15. The first-order valence-electron chi connectivity index (χ1n) is 8.01.